The Morgan fingerprint density at radius 2 is 2.22 bits per heavy atom. The number of hydrogen-bond acceptors (Lipinski definition) is 6. The van der Waals surface area contributed by atoms with E-state index >= 15 is 0 Å². The summed E-state index contributed by atoms with van der Waals surface area (Å²) < 4.78 is 31.1. The number of H-pyrrole nitrogens is 1. The number of hydrogen-bond donors (Lipinski definition) is 2. The van der Waals surface area contributed by atoms with Gasteiger partial charge in [0.15, 0.2) is 0 Å². The second kappa shape index (κ2) is 5.78. The first kappa shape index (κ1) is 14.4. The molecular formula is C8H15N5O4S. The molecule has 0 aromatic carbocycles. The number of nitrogens with one attached hydrogen (secondary N) is 2. The molecule has 0 spiro atoms. The lowest BCUT2D eigenvalue weighted by atomic mass is 10.4. The Morgan fingerprint density at radius 3 is 2.72 bits per heavy atom. The molecule has 0 radical (unpaired) electrons. The van der Waals surface area contributed by atoms with Crippen LogP contribution in [0.25, 0.3) is 0 Å². The van der Waals surface area contributed by atoms with Crippen molar-refractivity contribution in [3.8, 4) is 0 Å². The Kier molecular flexibility index (Phi) is 4.62. The fourth-order valence-corrected chi connectivity index (χ4v) is 1.86. The molecule has 102 valence electrons. The number of nitrogens with zero attached hydrogens (tertiary/aromatic N) is 3. The van der Waals surface area contributed by atoms with Crippen molar-refractivity contribution in [3.05, 3.63) is 5.82 Å². The van der Waals surface area contributed by atoms with Gasteiger partial charge in [0.2, 0.25) is 0 Å². The number of carbonyl (C=O) groups excluding carboxylic acids is 1. The van der Waals surface area contributed by atoms with Crippen LogP contribution in [0, 0.1) is 6.92 Å². The zero-order valence-electron chi connectivity index (χ0n) is 10.3. The zero-order valence-corrected chi connectivity index (χ0v) is 11.1. The standard InChI is InChI=1S/C8H15N5O4S/c1-6-9-8(11-10-6)12-18(15,16)13(2)5-4-7(14)17-3/h4-5H2,1-3H3,(H2,9,10,11,12). The molecule has 0 fully saturated rings. The van der Waals surface area contributed by atoms with Crippen molar-refractivity contribution in [2.45, 2.75) is 13.3 Å². The molecule has 0 aliphatic heterocycles. The van der Waals surface area contributed by atoms with E-state index in [1.54, 1.807) is 6.92 Å². The molecule has 1 aromatic rings. The number of esters is 1. The monoisotopic (exact) mass is 277 g/mol. The summed E-state index contributed by atoms with van der Waals surface area (Å²) in [5.74, 6) is -0.0341. The molecule has 18 heavy (non-hydrogen) atoms. The van der Waals surface area contributed by atoms with Crippen LogP contribution in [0.1, 0.15) is 12.2 Å². The molecule has 0 atom stereocenters. The Morgan fingerprint density at radius 1 is 1.56 bits per heavy atom. The maximum Gasteiger partial charge on any atom is 0.306 e. The maximum absolute atomic E-state index is 11.8. The number of ether oxygens (including phenoxy) is 1. The fraction of sp³-hybridized carbons (Fsp3) is 0.625. The quantitative estimate of drug-likeness (QED) is 0.662. The second-order valence-corrected chi connectivity index (χ2v) is 5.28. The van der Waals surface area contributed by atoms with E-state index in [0.717, 1.165) is 4.31 Å². The number of methoxy groups -OCH3 is 1. The summed E-state index contributed by atoms with van der Waals surface area (Å²) >= 11 is 0. The van der Waals surface area contributed by atoms with Crippen LogP contribution >= 0.6 is 0 Å². The van der Waals surface area contributed by atoms with E-state index in [4.69, 9.17) is 0 Å². The maximum atomic E-state index is 11.8. The third kappa shape index (κ3) is 3.96. The van der Waals surface area contributed by atoms with Gasteiger partial charge in [-0.1, -0.05) is 0 Å². The van der Waals surface area contributed by atoms with Crippen molar-refractivity contribution in [3.63, 3.8) is 0 Å². The van der Waals surface area contributed by atoms with E-state index in [0.29, 0.717) is 5.82 Å². The Bertz CT molecular complexity index is 511. The van der Waals surface area contributed by atoms with Crippen molar-refractivity contribution < 1.29 is 17.9 Å². The van der Waals surface area contributed by atoms with Crippen LogP contribution in [0.5, 0.6) is 0 Å². The molecule has 0 amide bonds. The summed E-state index contributed by atoms with van der Waals surface area (Å²) in [7, 11) is -1.19. The van der Waals surface area contributed by atoms with Crippen LogP contribution in [-0.4, -0.2) is 54.6 Å². The molecule has 0 saturated carbocycles. The minimum atomic E-state index is -3.77. The summed E-state index contributed by atoms with van der Waals surface area (Å²) in [6, 6.07) is 0. The van der Waals surface area contributed by atoms with Gasteiger partial charge in [-0.15, -0.1) is 5.10 Å². The minimum Gasteiger partial charge on any atom is -0.469 e. The number of aromatic nitrogens is 3. The van der Waals surface area contributed by atoms with Crippen LogP contribution in [-0.2, 0) is 19.7 Å². The smallest absolute Gasteiger partial charge is 0.306 e. The molecule has 0 aliphatic rings. The summed E-state index contributed by atoms with van der Waals surface area (Å²) in [5, 5.41) is 6.16. The Balaban J connectivity index is 2.60. The molecule has 2 N–H and O–H groups in total. The molecule has 0 aliphatic carbocycles. The number of aromatic amines is 1. The van der Waals surface area contributed by atoms with Gasteiger partial charge >= 0.3 is 16.2 Å². The molecule has 1 rings (SSSR count). The lowest BCUT2D eigenvalue weighted by Crippen LogP contribution is -2.34. The van der Waals surface area contributed by atoms with Crippen LogP contribution < -0.4 is 4.72 Å². The first-order valence-electron chi connectivity index (χ1n) is 5.05. The molecule has 9 nitrogen and oxygen atoms in total. The second-order valence-electron chi connectivity index (χ2n) is 3.50. The van der Waals surface area contributed by atoms with Crippen LogP contribution in [0.2, 0.25) is 0 Å². The highest BCUT2D eigenvalue weighted by Gasteiger charge is 2.20. The van der Waals surface area contributed by atoms with Gasteiger partial charge in [0.05, 0.1) is 13.5 Å². The van der Waals surface area contributed by atoms with Gasteiger partial charge in [-0.2, -0.15) is 17.7 Å². The highest BCUT2D eigenvalue weighted by molar-refractivity contribution is 7.90. The Hall–Kier alpha value is -1.68. The van der Waals surface area contributed by atoms with E-state index in [-0.39, 0.29) is 18.9 Å². The molecular weight excluding hydrogens is 262 g/mol. The summed E-state index contributed by atoms with van der Waals surface area (Å²) in [6.07, 6.45) is -0.0269. The predicted octanol–water partition coefficient (Wildman–Crippen LogP) is -0.735. The Labute approximate surface area is 105 Å². The van der Waals surface area contributed by atoms with E-state index < -0.39 is 16.2 Å². The fourth-order valence-electron chi connectivity index (χ4n) is 1.05. The molecule has 10 heteroatoms. The lowest BCUT2D eigenvalue weighted by Gasteiger charge is -2.15. The first-order valence-corrected chi connectivity index (χ1v) is 6.49. The average molecular weight is 277 g/mol. The van der Waals surface area contributed by atoms with Crippen LogP contribution in [0.15, 0.2) is 0 Å². The number of aryl methyl sites for hydroxylation is 1. The average Bonchev–Trinajstić information content (AvgIpc) is 2.70. The molecule has 0 saturated heterocycles. The topological polar surface area (TPSA) is 117 Å². The van der Waals surface area contributed by atoms with Gasteiger partial charge in [0, 0.05) is 13.6 Å². The van der Waals surface area contributed by atoms with Gasteiger partial charge in [0.25, 0.3) is 5.95 Å². The third-order valence-electron chi connectivity index (χ3n) is 2.09. The lowest BCUT2D eigenvalue weighted by molar-refractivity contribution is -0.140. The van der Waals surface area contributed by atoms with Crippen molar-refractivity contribution in [2.24, 2.45) is 0 Å². The zero-order chi connectivity index (χ0) is 13.8. The number of rotatable bonds is 6. The van der Waals surface area contributed by atoms with E-state index in [2.05, 4.69) is 24.6 Å². The molecule has 0 bridgehead atoms. The van der Waals surface area contributed by atoms with Gasteiger partial charge < -0.3 is 4.74 Å². The van der Waals surface area contributed by atoms with Crippen LogP contribution in [0.4, 0.5) is 5.95 Å². The molecule has 0 unspecified atom stereocenters. The first-order chi connectivity index (χ1) is 8.35. The van der Waals surface area contributed by atoms with Crippen molar-refractivity contribution in [1.29, 1.82) is 0 Å². The SMILES string of the molecule is COC(=O)CCN(C)S(=O)(=O)Nc1n[nH]c(C)n1. The van der Waals surface area contributed by atoms with Crippen LogP contribution in [0.3, 0.4) is 0 Å². The summed E-state index contributed by atoms with van der Waals surface area (Å²) in [5.41, 5.74) is 0. The van der Waals surface area contributed by atoms with Crippen molar-refractivity contribution in [2.75, 3.05) is 25.4 Å². The summed E-state index contributed by atoms with van der Waals surface area (Å²) in [6.45, 7) is 1.65. The van der Waals surface area contributed by atoms with Gasteiger partial charge in [-0.25, -0.2) is 4.72 Å². The number of carbonyl (C=O) groups is 1. The minimum absolute atomic E-state index is 0.00537. The normalized spacial score (nSPS) is 11.6. The summed E-state index contributed by atoms with van der Waals surface area (Å²) in [4.78, 5) is 14.7. The van der Waals surface area contributed by atoms with E-state index in [1.165, 1.54) is 14.2 Å². The molecule has 1 heterocycles. The highest BCUT2D eigenvalue weighted by Crippen LogP contribution is 2.05. The van der Waals surface area contributed by atoms with Gasteiger partial charge in [0.1, 0.15) is 5.82 Å². The van der Waals surface area contributed by atoms with E-state index in [9.17, 15) is 13.2 Å². The van der Waals surface area contributed by atoms with Gasteiger partial charge in [-0.3, -0.25) is 9.89 Å². The third-order valence-corrected chi connectivity index (χ3v) is 3.53. The van der Waals surface area contributed by atoms with E-state index in [1.807, 2.05) is 0 Å². The molecule has 1 aromatic heterocycles. The van der Waals surface area contributed by atoms with Gasteiger partial charge in [-0.05, 0) is 6.92 Å². The number of anilines is 1. The largest absolute Gasteiger partial charge is 0.469 e. The highest BCUT2D eigenvalue weighted by atomic mass is 32.2. The predicted molar refractivity (Wildman–Crippen MR) is 62.9 cm³/mol. The van der Waals surface area contributed by atoms with Crippen molar-refractivity contribution in [1.82, 2.24) is 19.5 Å². The van der Waals surface area contributed by atoms with Crippen molar-refractivity contribution >= 4 is 22.1 Å².